The number of aryl methyl sites for hydroxylation is 1. The quantitative estimate of drug-likeness (QED) is 0.536. The minimum atomic E-state index is 0.528. The van der Waals surface area contributed by atoms with E-state index in [2.05, 4.69) is 20.8 Å². The van der Waals surface area contributed by atoms with Crippen LogP contribution >= 0.6 is 0 Å². The zero-order valence-electron chi connectivity index (χ0n) is 5.78. The first-order valence-corrected chi connectivity index (χ1v) is 3.31. The number of nitrogens with one attached hydrogen (secondary N) is 1. The van der Waals surface area contributed by atoms with E-state index >= 15 is 0 Å². The highest BCUT2D eigenvalue weighted by Gasteiger charge is 2.23. The lowest BCUT2D eigenvalue weighted by atomic mass is 10.0. The third kappa shape index (κ3) is 0.706. The van der Waals surface area contributed by atoms with E-state index < -0.39 is 0 Å². The fourth-order valence-electron chi connectivity index (χ4n) is 1.05. The van der Waals surface area contributed by atoms with E-state index in [1.54, 1.807) is 4.68 Å². The Morgan fingerprint density at radius 3 is 2.80 bits per heavy atom. The molecule has 2 heterocycles. The van der Waals surface area contributed by atoms with Crippen LogP contribution in [0.25, 0.3) is 0 Å². The molecule has 1 saturated heterocycles. The fourth-order valence-corrected chi connectivity index (χ4v) is 1.05. The molecule has 0 atom stereocenters. The first-order valence-electron chi connectivity index (χ1n) is 3.31. The minimum absolute atomic E-state index is 0.528. The van der Waals surface area contributed by atoms with Crippen molar-refractivity contribution in [3.63, 3.8) is 0 Å². The third-order valence-corrected chi connectivity index (χ3v) is 1.80. The van der Waals surface area contributed by atoms with E-state index in [0.717, 1.165) is 18.9 Å². The smallest absolute Gasteiger partial charge is 0.156 e. The highest BCUT2D eigenvalue weighted by molar-refractivity contribution is 5.00. The van der Waals surface area contributed by atoms with Gasteiger partial charge in [0.15, 0.2) is 5.82 Å². The molecule has 10 heavy (non-hydrogen) atoms. The monoisotopic (exact) mass is 139 g/mol. The maximum absolute atomic E-state index is 3.90. The Kier molecular flexibility index (Phi) is 1.17. The number of nitrogens with zero attached hydrogens (tertiary/aromatic N) is 4. The number of hydrogen-bond acceptors (Lipinski definition) is 4. The predicted molar refractivity (Wildman–Crippen MR) is 34.4 cm³/mol. The van der Waals surface area contributed by atoms with Gasteiger partial charge in [-0.1, -0.05) is 0 Å². The van der Waals surface area contributed by atoms with Crippen LogP contribution in [0.5, 0.6) is 0 Å². The summed E-state index contributed by atoms with van der Waals surface area (Å²) in [4.78, 5) is 0. The average Bonchev–Trinajstić information content (AvgIpc) is 2.12. The van der Waals surface area contributed by atoms with Gasteiger partial charge in [0.2, 0.25) is 0 Å². The van der Waals surface area contributed by atoms with Crippen molar-refractivity contribution in [2.24, 2.45) is 7.05 Å². The Labute approximate surface area is 58.4 Å². The predicted octanol–water partition coefficient (Wildman–Crippen LogP) is -1.10. The summed E-state index contributed by atoms with van der Waals surface area (Å²) in [6.07, 6.45) is 0. The normalized spacial score (nSPS) is 18.9. The molecule has 0 radical (unpaired) electrons. The van der Waals surface area contributed by atoms with Gasteiger partial charge in [0.1, 0.15) is 0 Å². The molecule has 1 aromatic heterocycles. The van der Waals surface area contributed by atoms with E-state index in [0.29, 0.717) is 5.92 Å². The summed E-state index contributed by atoms with van der Waals surface area (Å²) in [5.74, 6) is 1.51. The van der Waals surface area contributed by atoms with Gasteiger partial charge in [0, 0.05) is 26.1 Å². The van der Waals surface area contributed by atoms with Crippen molar-refractivity contribution in [3.05, 3.63) is 5.82 Å². The summed E-state index contributed by atoms with van der Waals surface area (Å²) >= 11 is 0. The van der Waals surface area contributed by atoms with Crippen molar-refractivity contribution in [3.8, 4) is 0 Å². The molecule has 2 rings (SSSR count). The maximum Gasteiger partial charge on any atom is 0.156 e. The number of aromatic nitrogens is 4. The van der Waals surface area contributed by atoms with Crippen molar-refractivity contribution in [2.45, 2.75) is 5.92 Å². The zero-order valence-corrected chi connectivity index (χ0v) is 5.78. The minimum Gasteiger partial charge on any atom is -0.315 e. The van der Waals surface area contributed by atoms with Crippen LogP contribution in [0.3, 0.4) is 0 Å². The summed E-state index contributed by atoms with van der Waals surface area (Å²) in [5, 5.41) is 14.4. The Morgan fingerprint density at radius 1 is 1.60 bits per heavy atom. The summed E-state index contributed by atoms with van der Waals surface area (Å²) in [5.41, 5.74) is 0. The molecule has 0 spiro atoms. The molecule has 1 N–H and O–H groups in total. The van der Waals surface area contributed by atoms with Gasteiger partial charge in [-0.25, -0.2) is 4.68 Å². The molecular weight excluding hydrogens is 130 g/mol. The SMILES string of the molecule is Cn1nnnc1C1CNC1. The molecule has 1 aliphatic heterocycles. The van der Waals surface area contributed by atoms with Crippen LogP contribution in [-0.2, 0) is 7.05 Å². The van der Waals surface area contributed by atoms with Gasteiger partial charge >= 0.3 is 0 Å². The molecule has 5 nitrogen and oxygen atoms in total. The van der Waals surface area contributed by atoms with Crippen molar-refractivity contribution >= 4 is 0 Å². The topological polar surface area (TPSA) is 55.6 Å². The van der Waals surface area contributed by atoms with Crippen LogP contribution in [0.2, 0.25) is 0 Å². The van der Waals surface area contributed by atoms with Gasteiger partial charge in [-0.3, -0.25) is 0 Å². The first kappa shape index (κ1) is 5.79. The molecule has 5 heteroatoms. The molecule has 0 amide bonds. The van der Waals surface area contributed by atoms with Gasteiger partial charge in [-0.2, -0.15) is 0 Å². The van der Waals surface area contributed by atoms with E-state index in [9.17, 15) is 0 Å². The Balaban J connectivity index is 2.23. The summed E-state index contributed by atoms with van der Waals surface area (Å²) in [6, 6.07) is 0. The number of hydrogen-bond donors (Lipinski definition) is 1. The Morgan fingerprint density at radius 2 is 2.40 bits per heavy atom. The van der Waals surface area contributed by atoms with Crippen LogP contribution in [0.1, 0.15) is 11.7 Å². The van der Waals surface area contributed by atoms with Crippen LogP contribution in [0.4, 0.5) is 0 Å². The zero-order chi connectivity index (χ0) is 6.97. The summed E-state index contributed by atoms with van der Waals surface area (Å²) < 4.78 is 1.73. The van der Waals surface area contributed by atoms with Crippen LogP contribution < -0.4 is 5.32 Å². The van der Waals surface area contributed by atoms with Crippen LogP contribution in [0, 0.1) is 0 Å². The second kappa shape index (κ2) is 2.02. The number of rotatable bonds is 1. The summed E-state index contributed by atoms with van der Waals surface area (Å²) in [7, 11) is 1.87. The van der Waals surface area contributed by atoms with E-state index in [-0.39, 0.29) is 0 Å². The largest absolute Gasteiger partial charge is 0.315 e. The molecule has 54 valence electrons. The fraction of sp³-hybridized carbons (Fsp3) is 0.800. The molecule has 0 bridgehead atoms. The Bertz CT molecular complexity index is 226. The Hall–Kier alpha value is -0.970. The van der Waals surface area contributed by atoms with Crippen molar-refractivity contribution in [1.82, 2.24) is 25.5 Å². The van der Waals surface area contributed by atoms with E-state index in [1.165, 1.54) is 0 Å². The van der Waals surface area contributed by atoms with E-state index in [4.69, 9.17) is 0 Å². The van der Waals surface area contributed by atoms with Gasteiger partial charge < -0.3 is 5.32 Å². The second-order valence-corrected chi connectivity index (χ2v) is 2.52. The average molecular weight is 139 g/mol. The van der Waals surface area contributed by atoms with Crippen molar-refractivity contribution < 1.29 is 0 Å². The second-order valence-electron chi connectivity index (χ2n) is 2.52. The van der Waals surface area contributed by atoms with Crippen molar-refractivity contribution in [1.29, 1.82) is 0 Å². The lowest BCUT2D eigenvalue weighted by Gasteiger charge is -2.24. The molecule has 0 unspecified atom stereocenters. The standard InChI is InChI=1S/C5H9N5/c1-10-5(7-8-9-10)4-2-6-3-4/h4,6H,2-3H2,1H3. The lowest BCUT2D eigenvalue weighted by Crippen LogP contribution is -2.41. The highest BCUT2D eigenvalue weighted by Crippen LogP contribution is 2.14. The first-order chi connectivity index (χ1) is 4.88. The summed E-state index contributed by atoms with van der Waals surface area (Å²) in [6.45, 7) is 2.02. The molecule has 1 aromatic rings. The molecule has 1 fully saturated rings. The highest BCUT2D eigenvalue weighted by atomic mass is 15.5. The third-order valence-electron chi connectivity index (χ3n) is 1.80. The lowest BCUT2D eigenvalue weighted by molar-refractivity contribution is 0.416. The maximum atomic E-state index is 3.90. The van der Waals surface area contributed by atoms with Crippen molar-refractivity contribution in [2.75, 3.05) is 13.1 Å². The van der Waals surface area contributed by atoms with E-state index in [1.807, 2.05) is 7.05 Å². The molecular formula is C5H9N5. The number of tetrazole rings is 1. The molecule has 0 saturated carbocycles. The molecule has 1 aliphatic rings. The van der Waals surface area contributed by atoms with Gasteiger partial charge in [0.25, 0.3) is 0 Å². The van der Waals surface area contributed by atoms with Crippen LogP contribution in [0.15, 0.2) is 0 Å². The van der Waals surface area contributed by atoms with Crippen LogP contribution in [-0.4, -0.2) is 33.3 Å². The molecule has 0 aromatic carbocycles. The van der Waals surface area contributed by atoms with Gasteiger partial charge in [-0.15, -0.1) is 5.10 Å². The molecule has 0 aliphatic carbocycles. The van der Waals surface area contributed by atoms with Gasteiger partial charge in [0.05, 0.1) is 0 Å². The van der Waals surface area contributed by atoms with Gasteiger partial charge in [-0.05, 0) is 10.4 Å².